The molecule has 12 heteroatoms. The van der Waals surface area contributed by atoms with E-state index in [1.807, 2.05) is 13.8 Å². The minimum absolute atomic E-state index is 0.0793. The number of nitro groups is 1. The van der Waals surface area contributed by atoms with E-state index in [1.165, 1.54) is 27.8 Å². The maximum absolute atomic E-state index is 12.7. The molecule has 0 unspecified atom stereocenters. The van der Waals surface area contributed by atoms with Gasteiger partial charge in [0.25, 0.3) is 23.4 Å². The van der Waals surface area contributed by atoms with E-state index in [0.29, 0.717) is 29.1 Å². The summed E-state index contributed by atoms with van der Waals surface area (Å²) in [6.45, 7) is 3.47. The summed E-state index contributed by atoms with van der Waals surface area (Å²) in [7, 11) is 0. The van der Waals surface area contributed by atoms with Crippen molar-refractivity contribution in [1.82, 2.24) is 20.3 Å². The number of aromatic amines is 1. The Morgan fingerprint density at radius 2 is 2.15 bits per heavy atom. The van der Waals surface area contributed by atoms with Gasteiger partial charge in [-0.2, -0.15) is 5.10 Å². The maximum Gasteiger partial charge on any atom is 0.331 e. The molecular formula is C21H20N7O5+. The number of amides is 1. The number of fused-ring (bicyclic) bond motifs is 1. The molecule has 3 heterocycles. The molecule has 0 fully saturated rings. The summed E-state index contributed by atoms with van der Waals surface area (Å²) >= 11 is 0. The van der Waals surface area contributed by atoms with Crippen LogP contribution in [0.2, 0.25) is 0 Å². The first-order valence-electron chi connectivity index (χ1n) is 10.0. The first-order valence-corrected chi connectivity index (χ1v) is 10.0. The molecule has 3 aromatic heterocycles. The standard InChI is InChI=1S/C21H19N7O5/c1-3-15-13(2)25-27-12-23-26(21(27)20(15)30)11-19(29)24-22-10-14-8-9-18(33-14)16-6-4-5-7-17(16)28(31)32/h4-10,12H,3,11H2,1-2H3,(H-,24,25,29,30)/p+1/b22-10-. The number of aryl methyl sites for hydroxylation is 1. The summed E-state index contributed by atoms with van der Waals surface area (Å²) in [6, 6.07) is 9.37. The number of nitrogens with zero attached hydrogens (tertiary/aromatic N) is 5. The van der Waals surface area contributed by atoms with E-state index >= 15 is 0 Å². The van der Waals surface area contributed by atoms with Gasteiger partial charge in [0.15, 0.2) is 6.54 Å². The minimum Gasteiger partial charge on any atom is -0.455 e. The number of nitro benzene ring substituents is 1. The van der Waals surface area contributed by atoms with Crippen molar-refractivity contribution >= 4 is 23.5 Å². The molecule has 12 nitrogen and oxygen atoms in total. The Morgan fingerprint density at radius 1 is 1.36 bits per heavy atom. The SMILES string of the molecule is CCc1c(C)[nH][n+]2cnn(CC(=O)N/N=C\c3ccc(-c4ccccc4[N+](=O)[O-])o3)c2c1=O. The van der Waals surface area contributed by atoms with Gasteiger partial charge in [-0.3, -0.25) is 19.7 Å². The van der Waals surface area contributed by atoms with Crippen LogP contribution < -0.4 is 15.4 Å². The second-order valence-corrected chi connectivity index (χ2v) is 7.15. The molecule has 0 aliphatic carbocycles. The lowest BCUT2D eigenvalue weighted by molar-refractivity contribution is -0.582. The van der Waals surface area contributed by atoms with Crippen molar-refractivity contribution in [2.24, 2.45) is 5.10 Å². The number of hydrazone groups is 1. The van der Waals surface area contributed by atoms with Crippen molar-refractivity contribution in [3.05, 3.63) is 80.1 Å². The molecule has 0 aliphatic rings. The van der Waals surface area contributed by atoms with Crippen LogP contribution in [0.3, 0.4) is 0 Å². The van der Waals surface area contributed by atoms with E-state index in [9.17, 15) is 19.7 Å². The van der Waals surface area contributed by atoms with Gasteiger partial charge in [-0.15, -0.1) is 4.52 Å². The van der Waals surface area contributed by atoms with E-state index in [0.717, 1.165) is 5.69 Å². The number of rotatable bonds is 7. The van der Waals surface area contributed by atoms with Gasteiger partial charge in [-0.05, 0) is 31.5 Å². The number of carbonyl (C=O) groups is 1. The highest BCUT2D eigenvalue weighted by Gasteiger charge is 2.22. The Labute approximate surface area is 186 Å². The number of carbonyl (C=O) groups excluding carboxylic acids is 1. The average molecular weight is 450 g/mol. The first-order chi connectivity index (χ1) is 15.9. The fourth-order valence-corrected chi connectivity index (χ4v) is 3.50. The highest BCUT2D eigenvalue weighted by Crippen LogP contribution is 2.30. The van der Waals surface area contributed by atoms with E-state index in [4.69, 9.17) is 4.42 Å². The summed E-state index contributed by atoms with van der Waals surface area (Å²) in [5, 5.41) is 22.2. The van der Waals surface area contributed by atoms with Crippen LogP contribution in [0.4, 0.5) is 5.69 Å². The lowest BCUT2D eigenvalue weighted by atomic mass is 10.1. The molecule has 33 heavy (non-hydrogen) atoms. The number of hydrogen-bond donors (Lipinski definition) is 2. The summed E-state index contributed by atoms with van der Waals surface area (Å²) in [6.07, 6.45) is 3.25. The lowest BCUT2D eigenvalue weighted by Gasteiger charge is -2.01. The molecular weight excluding hydrogens is 430 g/mol. The smallest absolute Gasteiger partial charge is 0.331 e. The van der Waals surface area contributed by atoms with Crippen LogP contribution in [-0.2, 0) is 17.8 Å². The minimum atomic E-state index is -0.500. The van der Waals surface area contributed by atoms with Crippen LogP contribution in [0.25, 0.3) is 17.0 Å². The van der Waals surface area contributed by atoms with Crippen LogP contribution in [-0.4, -0.2) is 31.9 Å². The van der Waals surface area contributed by atoms with Gasteiger partial charge in [0.1, 0.15) is 11.5 Å². The topological polar surface area (TPSA) is 153 Å². The van der Waals surface area contributed by atoms with Gasteiger partial charge in [0.05, 0.1) is 16.7 Å². The van der Waals surface area contributed by atoms with Crippen molar-refractivity contribution in [2.45, 2.75) is 26.8 Å². The largest absolute Gasteiger partial charge is 0.455 e. The summed E-state index contributed by atoms with van der Waals surface area (Å²) in [4.78, 5) is 35.7. The Balaban J connectivity index is 1.46. The highest BCUT2D eigenvalue weighted by atomic mass is 16.6. The molecule has 4 rings (SSSR count). The third-order valence-corrected chi connectivity index (χ3v) is 5.02. The molecule has 0 atom stereocenters. The van der Waals surface area contributed by atoms with Gasteiger partial charge in [-0.25, -0.2) is 10.5 Å². The van der Waals surface area contributed by atoms with Gasteiger partial charge in [0.2, 0.25) is 0 Å². The molecule has 0 aliphatic heterocycles. The predicted octanol–water partition coefficient (Wildman–Crippen LogP) is 1.50. The van der Waals surface area contributed by atoms with Crippen LogP contribution >= 0.6 is 0 Å². The van der Waals surface area contributed by atoms with E-state index in [-0.39, 0.29) is 23.3 Å². The van der Waals surface area contributed by atoms with Crippen molar-refractivity contribution in [1.29, 1.82) is 0 Å². The van der Waals surface area contributed by atoms with Gasteiger partial charge in [0, 0.05) is 22.4 Å². The summed E-state index contributed by atoms with van der Waals surface area (Å²) < 4.78 is 8.35. The van der Waals surface area contributed by atoms with E-state index in [1.54, 1.807) is 30.3 Å². The number of aromatic nitrogens is 4. The quantitative estimate of drug-likeness (QED) is 0.188. The second kappa shape index (κ2) is 8.86. The Morgan fingerprint density at radius 3 is 2.91 bits per heavy atom. The monoisotopic (exact) mass is 450 g/mol. The molecule has 0 spiro atoms. The zero-order chi connectivity index (χ0) is 23.5. The van der Waals surface area contributed by atoms with Crippen molar-refractivity contribution in [3.63, 3.8) is 0 Å². The number of nitrogens with one attached hydrogen (secondary N) is 2. The molecule has 1 aromatic carbocycles. The third kappa shape index (κ3) is 4.26. The fourth-order valence-electron chi connectivity index (χ4n) is 3.50. The van der Waals surface area contributed by atoms with Crippen molar-refractivity contribution < 1.29 is 18.7 Å². The van der Waals surface area contributed by atoms with Crippen LogP contribution in [0.15, 0.2) is 57.0 Å². The molecule has 0 radical (unpaired) electrons. The lowest BCUT2D eigenvalue weighted by Crippen LogP contribution is -2.36. The Hall–Kier alpha value is -4.61. The fraction of sp³-hybridized carbons (Fsp3) is 0.190. The van der Waals surface area contributed by atoms with Gasteiger partial charge >= 0.3 is 5.65 Å². The van der Waals surface area contributed by atoms with Crippen molar-refractivity contribution in [2.75, 3.05) is 0 Å². The number of furan rings is 1. The number of para-hydroxylation sites is 1. The van der Waals surface area contributed by atoms with Crippen LogP contribution in [0.1, 0.15) is 23.9 Å². The zero-order valence-electron chi connectivity index (χ0n) is 17.8. The Kier molecular flexibility index (Phi) is 5.81. The molecule has 1 amide bonds. The predicted molar refractivity (Wildman–Crippen MR) is 117 cm³/mol. The van der Waals surface area contributed by atoms with Gasteiger partial charge in [-0.1, -0.05) is 23.7 Å². The van der Waals surface area contributed by atoms with Crippen LogP contribution in [0.5, 0.6) is 0 Å². The first kappa shape index (κ1) is 21.6. The molecule has 4 aromatic rings. The second-order valence-electron chi connectivity index (χ2n) is 7.15. The molecule has 168 valence electrons. The summed E-state index contributed by atoms with van der Waals surface area (Å²) in [5.41, 5.74) is 4.03. The van der Waals surface area contributed by atoms with E-state index in [2.05, 4.69) is 20.7 Å². The third-order valence-electron chi connectivity index (χ3n) is 5.02. The number of H-pyrrole nitrogens is 1. The molecule has 0 saturated carbocycles. The zero-order valence-corrected chi connectivity index (χ0v) is 17.8. The summed E-state index contributed by atoms with van der Waals surface area (Å²) in [5.74, 6) is 0.0970. The van der Waals surface area contributed by atoms with E-state index < -0.39 is 10.8 Å². The number of hydrogen-bond acceptors (Lipinski definition) is 7. The van der Waals surface area contributed by atoms with Gasteiger partial charge < -0.3 is 4.42 Å². The number of benzene rings is 1. The van der Waals surface area contributed by atoms with Crippen molar-refractivity contribution in [3.8, 4) is 11.3 Å². The maximum atomic E-state index is 12.7. The Bertz CT molecular complexity index is 1450. The average Bonchev–Trinajstić information content (AvgIpc) is 3.41. The molecule has 0 bridgehead atoms. The normalized spacial score (nSPS) is 11.3. The van der Waals surface area contributed by atoms with Crippen LogP contribution in [0, 0.1) is 17.0 Å². The molecule has 2 N–H and O–H groups in total. The highest BCUT2D eigenvalue weighted by molar-refractivity contribution is 5.81. The molecule has 0 saturated heterocycles.